The average molecular weight is 354 g/mol. The number of hydrogen-bond donors (Lipinski definition) is 1. The maximum Gasteiger partial charge on any atom is 0.198 e. The fourth-order valence-electron chi connectivity index (χ4n) is 4.13. The van der Waals surface area contributed by atoms with Crippen molar-refractivity contribution < 1.29 is 19.3 Å². The molecule has 2 aromatic carbocycles. The van der Waals surface area contributed by atoms with E-state index >= 15 is 0 Å². The number of hydrogen-bond acceptors (Lipinski definition) is 4. The molecular weight excluding hydrogens is 328 g/mol. The molecule has 26 heavy (non-hydrogen) atoms. The predicted octanol–water partition coefficient (Wildman–Crippen LogP) is 3.84. The van der Waals surface area contributed by atoms with E-state index in [4.69, 9.17) is 14.2 Å². The SMILES string of the molecule is COc1cc2c(cc1Cc1ccc(C)cc1)[C@]1(C[C@@H](O)C[C@@H](C)O1)OC2. The highest BCUT2D eigenvalue weighted by atomic mass is 16.7. The lowest BCUT2D eigenvalue weighted by molar-refractivity contribution is -0.295. The normalized spacial score (nSPS) is 27.5. The minimum atomic E-state index is -0.833. The van der Waals surface area contributed by atoms with Crippen molar-refractivity contribution in [3.05, 3.63) is 64.2 Å². The Balaban J connectivity index is 1.72. The van der Waals surface area contributed by atoms with Crippen LogP contribution in [0.3, 0.4) is 0 Å². The summed E-state index contributed by atoms with van der Waals surface area (Å²) in [6.07, 6.45) is 1.46. The van der Waals surface area contributed by atoms with E-state index in [1.54, 1.807) is 7.11 Å². The van der Waals surface area contributed by atoms with Crippen molar-refractivity contribution in [2.24, 2.45) is 0 Å². The monoisotopic (exact) mass is 354 g/mol. The maximum atomic E-state index is 10.3. The largest absolute Gasteiger partial charge is 0.496 e. The lowest BCUT2D eigenvalue weighted by Crippen LogP contribution is -2.43. The lowest BCUT2D eigenvalue weighted by Gasteiger charge is -2.39. The van der Waals surface area contributed by atoms with Crippen LogP contribution >= 0.6 is 0 Å². The average Bonchev–Trinajstić information content (AvgIpc) is 2.92. The number of rotatable bonds is 3. The Labute approximate surface area is 154 Å². The fraction of sp³-hybridized carbons (Fsp3) is 0.455. The Morgan fingerprint density at radius 1 is 1.23 bits per heavy atom. The van der Waals surface area contributed by atoms with Gasteiger partial charge in [0.25, 0.3) is 0 Å². The van der Waals surface area contributed by atoms with Gasteiger partial charge in [-0.1, -0.05) is 29.8 Å². The van der Waals surface area contributed by atoms with Gasteiger partial charge in [0.2, 0.25) is 0 Å². The molecule has 0 radical (unpaired) electrons. The molecule has 4 rings (SSSR count). The molecule has 0 aromatic heterocycles. The van der Waals surface area contributed by atoms with Crippen molar-refractivity contribution in [3.8, 4) is 5.75 Å². The summed E-state index contributed by atoms with van der Waals surface area (Å²) in [5.41, 5.74) is 5.71. The summed E-state index contributed by atoms with van der Waals surface area (Å²) in [7, 11) is 1.70. The molecule has 3 atom stereocenters. The number of ether oxygens (including phenoxy) is 3. The van der Waals surface area contributed by atoms with Crippen molar-refractivity contribution >= 4 is 0 Å². The Bertz CT molecular complexity index is 787. The van der Waals surface area contributed by atoms with Crippen LogP contribution in [-0.4, -0.2) is 24.4 Å². The van der Waals surface area contributed by atoms with Crippen LogP contribution in [-0.2, 0) is 28.3 Å². The maximum absolute atomic E-state index is 10.3. The Hall–Kier alpha value is -1.88. The number of aliphatic hydroxyl groups is 1. The summed E-state index contributed by atoms with van der Waals surface area (Å²) in [6.45, 7) is 4.56. The molecular formula is C22H26O4. The molecule has 1 fully saturated rings. The zero-order valence-electron chi connectivity index (χ0n) is 15.6. The Morgan fingerprint density at radius 2 is 2.00 bits per heavy atom. The van der Waals surface area contributed by atoms with E-state index in [0.29, 0.717) is 19.4 Å². The van der Waals surface area contributed by atoms with Crippen molar-refractivity contribution in [1.29, 1.82) is 0 Å². The highest BCUT2D eigenvalue weighted by molar-refractivity contribution is 5.48. The summed E-state index contributed by atoms with van der Waals surface area (Å²) >= 11 is 0. The first-order valence-corrected chi connectivity index (χ1v) is 9.25. The van der Waals surface area contributed by atoms with E-state index in [0.717, 1.165) is 28.9 Å². The third kappa shape index (κ3) is 3.13. The van der Waals surface area contributed by atoms with Crippen LogP contribution in [0.2, 0.25) is 0 Å². The van der Waals surface area contributed by atoms with Crippen LogP contribution in [0.5, 0.6) is 5.75 Å². The van der Waals surface area contributed by atoms with Crippen LogP contribution in [0.4, 0.5) is 0 Å². The van der Waals surface area contributed by atoms with E-state index in [-0.39, 0.29) is 6.10 Å². The molecule has 0 amide bonds. The summed E-state index contributed by atoms with van der Waals surface area (Å²) in [6, 6.07) is 12.8. The van der Waals surface area contributed by atoms with Crippen LogP contribution in [0.25, 0.3) is 0 Å². The second-order valence-corrected chi connectivity index (χ2v) is 7.55. The van der Waals surface area contributed by atoms with Crippen LogP contribution < -0.4 is 4.74 Å². The standard InChI is InChI=1S/C22H26O4/c1-14-4-6-16(7-5-14)9-17-10-20-18(11-21(17)24-3)13-25-22(20)12-19(23)8-15(2)26-22/h4-7,10-11,15,19,23H,8-9,12-13H2,1-3H3/t15-,19+,22-/m1/s1. The minimum Gasteiger partial charge on any atom is -0.496 e. The van der Waals surface area contributed by atoms with Crippen molar-refractivity contribution in [2.75, 3.05) is 7.11 Å². The summed E-state index contributed by atoms with van der Waals surface area (Å²) in [5, 5.41) is 10.3. The predicted molar refractivity (Wildman–Crippen MR) is 99.2 cm³/mol. The summed E-state index contributed by atoms with van der Waals surface area (Å²) < 4.78 is 17.9. The first-order valence-electron chi connectivity index (χ1n) is 9.25. The van der Waals surface area contributed by atoms with Gasteiger partial charge >= 0.3 is 0 Å². The highest BCUT2D eigenvalue weighted by Gasteiger charge is 2.47. The molecule has 0 saturated carbocycles. The molecule has 4 nitrogen and oxygen atoms in total. The topological polar surface area (TPSA) is 47.9 Å². The summed E-state index contributed by atoms with van der Waals surface area (Å²) in [4.78, 5) is 0. The molecule has 2 aliphatic heterocycles. The van der Waals surface area contributed by atoms with E-state index in [2.05, 4.69) is 43.3 Å². The molecule has 1 spiro atoms. The molecule has 2 aromatic rings. The fourth-order valence-corrected chi connectivity index (χ4v) is 4.13. The van der Waals surface area contributed by atoms with Crippen LogP contribution in [0, 0.1) is 6.92 Å². The van der Waals surface area contributed by atoms with Gasteiger partial charge < -0.3 is 19.3 Å². The lowest BCUT2D eigenvalue weighted by atomic mass is 9.89. The zero-order chi connectivity index (χ0) is 18.3. The minimum absolute atomic E-state index is 0.0349. The molecule has 2 heterocycles. The zero-order valence-corrected chi connectivity index (χ0v) is 15.6. The number of fused-ring (bicyclic) bond motifs is 2. The molecule has 1 N–H and O–H groups in total. The molecule has 0 unspecified atom stereocenters. The van der Waals surface area contributed by atoms with E-state index in [1.165, 1.54) is 11.1 Å². The van der Waals surface area contributed by atoms with Gasteiger partial charge in [-0.05, 0) is 49.1 Å². The Morgan fingerprint density at radius 3 is 2.69 bits per heavy atom. The molecule has 0 bridgehead atoms. The van der Waals surface area contributed by atoms with Gasteiger partial charge in [-0.3, -0.25) is 0 Å². The highest BCUT2D eigenvalue weighted by Crippen LogP contribution is 2.47. The van der Waals surface area contributed by atoms with Crippen LogP contribution in [0.15, 0.2) is 36.4 Å². The third-order valence-electron chi connectivity index (χ3n) is 5.39. The van der Waals surface area contributed by atoms with Crippen LogP contribution in [0.1, 0.15) is 47.6 Å². The molecule has 1 saturated heterocycles. The van der Waals surface area contributed by atoms with Gasteiger partial charge in [0.1, 0.15) is 5.75 Å². The van der Waals surface area contributed by atoms with E-state index < -0.39 is 11.9 Å². The van der Waals surface area contributed by atoms with Gasteiger partial charge in [-0.2, -0.15) is 0 Å². The number of aryl methyl sites for hydroxylation is 1. The molecule has 138 valence electrons. The molecule has 2 aliphatic rings. The van der Waals surface area contributed by atoms with Crippen molar-refractivity contribution in [3.63, 3.8) is 0 Å². The third-order valence-corrected chi connectivity index (χ3v) is 5.39. The number of benzene rings is 2. The first-order chi connectivity index (χ1) is 12.5. The van der Waals surface area contributed by atoms with Gasteiger partial charge in [0.15, 0.2) is 5.79 Å². The number of methoxy groups -OCH3 is 1. The van der Waals surface area contributed by atoms with Gasteiger partial charge in [-0.15, -0.1) is 0 Å². The van der Waals surface area contributed by atoms with Gasteiger partial charge in [0.05, 0.1) is 25.9 Å². The van der Waals surface area contributed by atoms with Crippen molar-refractivity contribution in [1.82, 2.24) is 0 Å². The smallest absolute Gasteiger partial charge is 0.198 e. The quantitative estimate of drug-likeness (QED) is 0.910. The molecule has 4 heteroatoms. The van der Waals surface area contributed by atoms with Gasteiger partial charge in [-0.25, -0.2) is 0 Å². The second-order valence-electron chi connectivity index (χ2n) is 7.55. The van der Waals surface area contributed by atoms with E-state index in [1.807, 2.05) is 6.92 Å². The number of aliphatic hydroxyl groups excluding tert-OH is 1. The van der Waals surface area contributed by atoms with Crippen molar-refractivity contribution in [2.45, 2.75) is 57.7 Å². The molecule has 0 aliphatic carbocycles. The summed E-state index contributed by atoms with van der Waals surface area (Å²) in [5.74, 6) is 0.0372. The second kappa shape index (κ2) is 6.69. The van der Waals surface area contributed by atoms with E-state index in [9.17, 15) is 5.11 Å². The van der Waals surface area contributed by atoms with Gasteiger partial charge in [0, 0.05) is 18.4 Å². The first kappa shape index (κ1) is 17.5. The Kier molecular flexibility index (Phi) is 4.51.